The van der Waals surface area contributed by atoms with E-state index in [-0.39, 0.29) is 17.5 Å². The van der Waals surface area contributed by atoms with E-state index in [1.54, 1.807) is 18.4 Å². The third kappa shape index (κ3) is 4.90. The van der Waals surface area contributed by atoms with E-state index in [0.717, 1.165) is 24.4 Å². The van der Waals surface area contributed by atoms with Crippen LogP contribution in [0.3, 0.4) is 0 Å². The minimum absolute atomic E-state index is 0.157. The number of sulfonamides is 1. The Morgan fingerprint density at radius 3 is 2.70 bits per heavy atom. The molecule has 27 heavy (non-hydrogen) atoms. The van der Waals surface area contributed by atoms with Crippen molar-refractivity contribution in [2.75, 3.05) is 39.5 Å². The van der Waals surface area contributed by atoms with Crippen molar-refractivity contribution in [3.05, 3.63) is 47.9 Å². The standard InChI is InChI=1S/C19H26N2O5S/c1-3-25-18-7-6-15(2)13-19(18)27(22,23)20-14-16(17-5-4-10-26-17)21-8-11-24-12-9-21/h4-7,10,13,16,20H,3,8-9,11-12,14H2,1-2H3. The zero-order valence-electron chi connectivity index (χ0n) is 15.7. The number of hydrogen-bond donors (Lipinski definition) is 1. The second kappa shape index (κ2) is 8.88. The maximum Gasteiger partial charge on any atom is 0.244 e. The first-order valence-electron chi connectivity index (χ1n) is 9.09. The lowest BCUT2D eigenvalue weighted by Crippen LogP contribution is -2.43. The van der Waals surface area contributed by atoms with E-state index in [4.69, 9.17) is 13.9 Å². The first kappa shape index (κ1) is 19.9. The Morgan fingerprint density at radius 1 is 1.26 bits per heavy atom. The number of morpholine rings is 1. The minimum atomic E-state index is -3.74. The molecule has 148 valence electrons. The summed E-state index contributed by atoms with van der Waals surface area (Å²) in [5, 5.41) is 0. The van der Waals surface area contributed by atoms with E-state index >= 15 is 0 Å². The summed E-state index contributed by atoms with van der Waals surface area (Å²) in [5.74, 6) is 1.09. The Hall–Kier alpha value is -1.87. The van der Waals surface area contributed by atoms with E-state index < -0.39 is 10.0 Å². The van der Waals surface area contributed by atoms with Gasteiger partial charge < -0.3 is 13.9 Å². The largest absolute Gasteiger partial charge is 0.492 e. The third-order valence-electron chi connectivity index (χ3n) is 4.51. The van der Waals surface area contributed by atoms with Gasteiger partial charge in [-0.3, -0.25) is 4.90 Å². The van der Waals surface area contributed by atoms with Crippen LogP contribution in [0.5, 0.6) is 5.75 Å². The predicted octanol–water partition coefficient (Wildman–Crippen LogP) is 2.34. The monoisotopic (exact) mass is 394 g/mol. The van der Waals surface area contributed by atoms with Gasteiger partial charge in [-0.05, 0) is 43.7 Å². The van der Waals surface area contributed by atoms with Gasteiger partial charge in [0.05, 0.1) is 32.1 Å². The number of nitrogens with zero attached hydrogens (tertiary/aromatic N) is 1. The third-order valence-corrected chi connectivity index (χ3v) is 5.96. The Kier molecular flexibility index (Phi) is 6.54. The molecule has 0 amide bonds. The molecular weight excluding hydrogens is 368 g/mol. The molecule has 0 spiro atoms. The summed E-state index contributed by atoms with van der Waals surface area (Å²) in [6.07, 6.45) is 1.60. The van der Waals surface area contributed by atoms with E-state index in [1.807, 2.05) is 32.0 Å². The van der Waals surface area contributed by atoms with Gasteiger partial charge >= 0.3 is 0 Å². The molecule has 7 nitrogen and oxygen atoms in total. The molecule has 1 aliphatic heterocycles. The smallest absolute Gasteiger partial charge is 0.244 e. The van der Waals surface area contributed by atoms with Gasteiger partial charge in [0.15, 0.2) is 0 Å². The van der Waals surface area contributed by atoms with Crippen molar-refractivity contribution in [2.24, 2.45) is 0 Å². The lowest BCUT2D eigenvalue weighted by molar-refractivity contribution is 0.0128. The van der Waals surface area contributed by atoms with Gasteiger partial charge in [0.1, 0.15) is 16.4 Å². The first-order chi connectivity index (χ1) is 13.0. The molecular formula is C19H26N2O5S. The van der Waals surface area contributed by atoms with Crippen LogP contribution in [0.15, 0.2) is 45.9 Å². The van der Waals surface area contributed by atoms with E-state index in [0.29, 0.717) is 25.6 Å². The fourth-order valence-corrected chi connectivity index (χ4v) is 4.41. The number of rotatable bonds is 8. The highest BCUT2D eigenvalue weighted by molar-refractivity contribution is 7.89. The maximum atomic E-state index is 13.0. The van der Waals surface area contributed by atoms with Gasteiger partial charge in [-0.15, -0.1) is 0 Å². The molecule has 0 bridgehead atoms. The zero-order valence-corrected chi connectivity index (χ0v) is 16.5. The fourth-order valence-electron chi connectivity index (χ4n) is 3.15. The molecule has 8 heteroatoms. The lowest BCUT2D eigenvalue weighted by atomic mass is 10.2. The van der Waals surface area contributed by atoms with Crippen LogP contribution in [0.4, 0.5) is 0 Å². The fraction of sp³-hybridized carbons (Fsp3) is 0.474. The SMILES string of the molecule is CCOc1ccc(C)cc1S(=O)(=O)NCC(c1ccco1)N1CCOCC1. The van der Waals surface area contributed by atoms with Gasteiger partial charge in [0.2, 0.25) is 10.0 Å². The number of hydrogen-bond acceptors (Lipinski definition) is 6. The second-order valence-electron chi connectivity index (χ2n) is 6.41. The zero-order chi connectivity index (χ0) is 19.3. The van der Waals surface area contributed by atoms with Crippen molar-refractivity contribution < 1.29 is 22.3 Å². The molecule has 0 radical (unpaired) electrons. The molecule has 1 fully saturated rings. The van der Waals surface area contributed by atoms with Crippen LogP contribution in [-0.2, 0) is 14.8 Å². The number of furan rings is 1. The second-order valence-corrected chi connectivity index (χ2v) is 8.15. The minimum Gasteiger partial charge on any atom is -0.492 e. The van der Waals surface area contributed by atoms with Crippen LogP contribution in [0.25, 0.3) is 0 Å². The van der Waals surface area contributed by atoms with Gasteiger partial charge in [0.25, 0.3) is 0 Å². The summed E-state index contributed by atoms with van der Waals surface area (Å²) < 4.78 is 45.2. The molecule has 1 aliphatic rings. The molecule has 1 aromatic carbocycles. The molecule has 0 aliphatic carbocycles. The summed E-state index contributed by atoms with van der Waals surface area (Å²) in [6, 6.07) is 8.64. The topological polar surface area (TPSA) is 81.0 Å². The van der Waals surface area contributed by atoms with E-state index in [2.05, 4.69) is 9.62 Å². The van der Waals surface area contributed by atoms with Crippen molar-refractivity contribution in [1.82, 2.24) is 9.62 Å². The highest BCUT2D eigenvalue weighted by Crippen LogP contribution is 2.27. The number of nitrogens with one attached hydrogen (secondary N) is 1. The van der Waals surface area contributed by atoms with Gasteiger partial charge in [-0.2, -0.15) is 0 Å². The predicted molar refractivity (Wildman–Crippen MR) is 101 cm³/mol. The van der Waals surface area contributed by atoms with Crippen molar-refractivity contribution in [1.29, 1.82) is 0 Å². The number of aryl methyl sites for hydroxylation is 1. The van der Waals surface area contributed by atoms with Crippen molar-refractivity contribution >= 4 is 10.0 Å². The first-order valence-corrected chi connectivity index (χ1v) is 10.6. The number of ether oxygens (including phenoxy) is 2. The summed E-state index contributed by atoms with van der Waals surface area (Å²) in [4.78, 5) is 2.33. The average Bonchev–Trinajstić information content (AvgIpc) is 3.19. The molecule has 3 rings (SSSR count). The van der Waals surface area contributed by atoms with Crippen LogP contribution in [0.2, 0.25) is 0 Å². The Labute approximate surface area is 160 Å². The summed E-state index contributed by atoms with van der Waals surface area (Å²) in [7, 11) is -3.74. The summed E-state index contributed by atoms with van der Waals surface area (Å²) >= 11 is 0. The molecule has 1 N–H and O–H groups in total. The van der Waals surface area contributed by atoms with Crippen LogP contribution in [0, 0.1) is 6.92 Å². The average molecular weight is 394 g/mol. The normalized spacial score (nSPS) is 17.0. The Bertz CT molecular complexity index is 830. The molecule has 2 aromatic rings. The van der Waals surface area contributed by atoms with Gasteiger partial charge in [-0.1, -0.05) is 6.07 Å². The highest BCUT2D eigenvalue weighted by Gasteiger charge is 2.28. The van der Waals surface area contributed by atoms with Gasteiger partial charge in [-0.25, -0.2) is 13.1 Å². The van der Waals surface area contributed by atoms with Crippen LogP contribution < -0.4 is 9.46 Å². The molecule has 1 unspecified atom stereocenters. The van der Waals surface area contributed by atoms with E-state index in [1.165, 1.54) is 0 Å². The molecule has 1 saturated heterocycles. The Morgan fingerprint density at radius 2 is 2.04 bits per heavy atom. The lowest BCUT2D eigenvalue weighted by Gasteiger charge is -2.33. The van der Waals surface area contributed by atoms with Crippen LogP contribution in [-0.4, -0.2) is 52.8 Å². The summed E-state index contributed by atoms with van der Waals surface area (Å²) in [5.41, 5.74) is 0.856. The summed E-state index contributed by atoms with van der Waals surface area (Å²) in [6.45, 7) is 6.98. The Balaban J connectivity index is 1.81. The van der Waals surface area contributed by atoms with Crippen LogP contribution in [0.1, 0.15) is 24.3 Å². The molecule has 2 heterocycles. The van der Waals surface area contributed by atoms with Crippen LogP contribution >= 0.6 is 0 Å². The number of benzene rings is 1. The van der Waals surface area contributed by atoms with Crippen molar-refractivity contribution in [2.45, 2.75) is 24.8 Å². The molecule has 1 aromatic heterocycles. The van der Waals surface area contributed by atoms with Crippen molar-refractivity contribution in [3.8, 4) is 5.75 Å². The molecule has 0 saturated carbocycles. The van der Waals surface area contributed by atoms with Gasteiger partial charge in [0, 0.05) is 19.6 Å². The van der Waals surface area contributed by atoms with E-state index in [9.17, 15) is 8.42 Å². The maximum absolute atomic E-state index is 13.0. The molecule has 1 atom stereocenters. The quantitative estimate of drug-likeness (QED) is 0.740. The highest BCUT2D eigenvalue weighted by atomic mass is 32.2. The van der Waals surface area contributed by atoms with Crippen molar-refractivity contribution in [3.63, 3.8) is 0 Å².